The number of halogens is 1. The fourth-order valence-electron chi connectivity index (χ4n) is 3.25. The highest BCUT2D eigenvalue weighted by Crippen LogP contribution is 2.31. The first-order valence-corrected chi connectivity index (χ1v) is 9.42. The molecule has 1 saturated heterocycles. The Hall–Kier alpha value is -2.34. The van der Waals surface area contributed by atoms with Crippen LogP contribution in [0.3, 0.4) is 0 Å². The number of carbonyl (C=O) groups excluding carboxylic acids is 1. The number of anilines is 2. The zero-order valence-corrected chi connectivity index (χ0v) is 16.1. The molecule has 2 aromatic rings. The van der Waals surface area contributed by atoms with Crippen molar-refractivity contribution in [2.75, 3.05) is 23.3 Å². The van der Waals surface area contributed by atoms with Crippen molar-refractivity contribution in [1.82, 2.24) is 0 Å². The van der Waals surface area contributed by atoms with Crippen molar-refractivity contribution in [3.63, 3.8) is 0 Å². The fraction of sp³-hybridized carbons (Fsp3) is 0.300. The van der Waals surface area contributed by atoms with Gasteiger partial charge >= 0.3 is 5.97 Å². The van der Waals surface area contributed by atoms with E-state index in [2.05, 4.69) is 33.1 Å². The molecule has 0 unspecified atom stereocenters. The van der Waals surface area contributed by atoms with E-state index in [9.17, 15) is 14.7 Å². The molecule has 5 nitrogen and oxygen atoms in total. The summed E-state index contributed by atoms with van der Waals surface area (Å²) in [5, 5.41) is 12.2. The van der Waals surface area contributed by atoms with Crippen LogP contribution in [0.1, 0.15) is 40.5 Å². The predicted molar refractivity (Wildman–Crippen MR) is 106 cm³/mol. The molecule has 0 saturated carbocycles. The Bertz CT molecular complexity index is 820. The van der Waals surface area contributed by atoms with Gasteiger partial charge < -0.3 is 15.3 Å². The van der Waals surface area contributed by atoms with E-state index < -0.39 is 5.97 Å². The molecule has 1 atom stereocenters. The number of nitrogens with one attached hydrogen (secondary N) is 1. The minimum absolute atomic E-state index is 0.157. The number of hydrogen-bond acceptors (Lipinski definition) is 3. The number of piperidine rings is 1. The van der Waals surface area contributed by atoms with Crippen LogP contribution in [0.15, 0.2) is 46.9 Å². The van der Waals surface area contributed by atoms with Crippen LogP contribution in [-0.2, 0) is 0 Å². The standard InChI is InChI=1S/C20H21BrN2O3/c1-13-3-2-10-23(12-13)18-9-6-15(20(25)26)11-17(18)22-19(24)14-4-7-16(21)8-5-14/h4-9,11,13H,2-3,10,12H2,1H3,(H,22,24)(H,25,26)/t13-/m0/s1. The number of carbonyl (C=O) groups is 2. The van der Waals surface area contributed by atoms with Gasteiger partial charge in [-0.3, -0.25) is 4.79 Å². The third kappa shape index (κ3) is 4.25. The zero-order chi connectivity index (χ0) is 18.7. The van der Waals surface area contributed by atoms with Crippen molar-refractivity contribution in [3.8, 4) is 0 Å². The van der Waals surface area contributed by atoms with Gasteiger partial charge in [0, 0.05) is 23.1 Å². The van der Waals surface area contributed by atoms with E-state index in [0.717, 1.165) is 29.7 Å². The van der Waals surface area contributed by atoms with Gasteiger partial charge in [0.05, 0.1) is 16.9 Å². The first-order chi connectivity index (χ1) is 12.4. The molecular weight excluding hydrogens is 396 g/mol. The van der Waals surface area contributed by atoms with Gasteiger partial charge in [-0.15, -0.1) is 0 Å². The highest BCUT2D eigenvalue weighted by atomic mass is 79.9. The largest absolute Gasteiger partial charge is 0.478 e. The average molecular weight is 417 g/mol. The quantitative estimate of drug-likeness (QED) is 0.761. The second kappa shape index (κ2) is 7.91. The van der Waals surface area contributed by atoms with Crippen molar-refractivity contribution < 1.29 is 14.7 Å². The van der Waals surface area contributed by atoms with Crippen molar-refractivity contribution in [3.05, 3.63) is 58.1 Å². The molecule has 0 bridgehead atoms. The number of benzene rings is 2. The highest BCUT2D eigenvalue weighted by Gasteiger charge is 2.21. The van der Waals surface area contributed by atoms with Gasteiger partial charge in [0.2, 0.25) is 0 Å². The molecule has 1 amide bonds. The summed E-state index contributed by atoms with van der Waals surface area (Å²) in [5.74, 6) is -0.702. The molecule has 0 aliphatic carbocycles. The van der Waals surface area contributed by atoms with Crippen LogP contribution in [0.4, 0.5) is 11.4 Å². The van der Waals surface area contributed by atoms with Crippen LogP contribution >= 0.6 is 15.9 Å². The summed E-state index contributed by atoms with van der Waals surface area (Å²) >= 11 is 3.35. The predicted octanol–water partition coefficient (Wildman–Crippen LogP) is 4.64. The highest BCUT2D eigenvalue weighted by molar-refractivity contribution is 9.10. The lowest BCUT2D eigenvalue weighted by Crippen LogP contribution is -2.35. The molecule has 1 fully saturated rings. The summed E-state index contributed by atoms with van der Waals surface area (Å²) in [5.41, 5.74) is 2.08. The molecule has 1 aliphatic heterocycles. The molecular formula is C20H21BrN2O3. The van der Waals surface area contributed by atoms with Gasteiger partial charge in [0.15, 0.2) is 0 Å². The molecule has 26 heavy (non-hydrogen) atoms. The van der Waals surface area contributed by atoms with Crippen LogP contribution < -0.4 is 10.2 Å². The van der Waals surface area contributed by atoms with Gasteiger partial charge in [-0.1, -0.05) is 22.9 Å². The van der Waals surface area contributed by atoms with Crippen LogP contribution in [0.25, 0.3) is 0 Å². The van der Waals surface area contributed by atoms with Crippen molar-refractivity contribution in [1.29, 1.82) is 0 Å². The SMILES string of the molecule is C[C@H]1CCCN(c2ccc(C(=O)O)cc2NC(=O)c2ccc(Br)cc2)C1. The molecule has 2 aromatic carbocycles. The number of amides is 1. The lowest BCUT2D eigenvalue weighted by molar-refractivity contribution is 0.0696. The summed E-state index contributed by atoms with van der Waals surface area (Å²) in [4.78, 5) is 26.2. The maximum atomic E-state index is 12.6. The molecule has 0 radical (unpaired) electrons. The van der Waals surface area contributed by atoms with Gasteiger partial charge in [-0.2, -0.15) is 0 Å². The van der Waals surface area contributed by atoms with E-state index in [0.29, 0.717) is 17.2 Å². The minimum atomic E-state index is -1.01. The van der Waals surface area contributed by atoms with E-state index in [1.807, 2.05) is 0 Å². The number of aromatic carboxylic acids is 1. The third-order valence-corrected chi connectivity index (χ3v) is 5.12. The van der Waals surface area contributed by atoms with Crippen LogP contribution in [0.2, 0.25) is 0 Å². The van der Waals surface area contributed by atoms with Gasteiger partial charge in [-0.25, -0.2) is 4.79 Å². The number of carboxylic acids is 1. The molecule has 3 rings (SSSR count). The lowest BCUT2D eigenvalue weighted by atomic mass is 9.99. The maximum Gasteiger partial charge on any atom is 0.335 e. The number of rotatable bonds is 4. The van der Waals surface area contributed by atoms with Gasteiger partial charge in [0.1, 0.15) is 0 Å². The lowest BCUT2D eigenvalue weighted by Gasteiger charge is -2.34. The summed E-state index contributed by atoms with van der Waals surface area (Å²) in [6.45, 7) is 4.00. The minimum Gasteiger partial charge on any atom is -0.478 e. The van der Waals surface area contributed by atoms with Crippen LogP contribution in [0, 0.1) is 5.92 Å². The molecule has 136 valence electrons. The molecule has 2 N–H and O–H groups in total. The molecule has 0 aromatic heterocycles. The summed E-state index contributed by atoms with van der Waals surface area (Å²) in [6.07, 6.45) is 2.27. The van der Waals surface area contributed by atoms with E-state index >= 15 is 0 Å². The normalized spacial score (nSPS) is 17.0. The van der Waals surface area contributed by atoms with Gasteiger partial charge in [-0.05, 0) is 61.2 Å². The molecule has 0 spiro atoms. The summed E-state index contributed by atoms with van der Waals surface area (Å²) in [7, 11) is 0. The first kappa shape index (κ1) is 18.5. The summed E-state index contributed by atoms with van der Waals surface area (Å²) in [6, 6.07) is 12.0. The number of nitrogens with zero attached hydrogens (tertiary/aromatic N) is 1. The van der Waals surface area contributed by atoms with E-state index in [1.54, 1.807) is 36.4 Å². The Morgan fingerprint density at radius 2 is 1.85 bits per heavy atom. The van der Waals surface area contributed by atoms with Crippen molar-refractivity contribution >= 4 is 39.2 Å². The van der Waals surface area contributed by atoms with Crippen molar-refractivity contribution in [2.24, 2.45) is 5.92 Å². The number of carboxylic acid groups (broad SMARTS) is 1. The zero-order valence-electron chi connectivity index (χ0n) is 14.5. The third-order valence-electron chi connectivity index (χ3n) is 4.60. The van der Waals surface area contributed by atoms with Gasteiger partial charge in [0.25, 0.3) is 5.91 Å². The van der Waals surface area contributed by atoms with E-state index in [-0.39, 0.29) is 11.5 Å². The first-order valence-electron chi connectivity index (χ1n) is 8.63. The van der Waals surface area contributed by atoms with Crippen LogP contribution in [-0.4, -0.2) is 30.1 Å². The fourth-order valence-corrected chi connectivity index (χ4v) is 3.51. The Kier molecular flexibility index (Phi) is 5.61. The molecule has 1 aliphatic rings. The van der Waals surface area contributed by atoms with E-state index in [4.69, 9.17) is 0 Å². The summed E-state index contributed by atoms with van der Waals surface area (Å²) < 4.78 is 0.893. The monoisotopic (exact) mass is 416 g/mol. The van der Waals surface area contributed by atoms with E-state index in [1.165, 1.54) is 12.5 Å². The second-order valence-electron chi connectivity index (χ2n) is 6.69. The molecule has 1 heterocycles. The Morgan fingerprint density at radius 1 is 1.15 bits per heavy atom. The maximum absolute atomic E-state index is 12.6. The van der Waals surface area contributed by atoms with Crippen LogP contribution in [0.5, 0.6) is 0 Å². The second-order valence-corrected chi connectivity index (χ2v) is 7.61. The average Bonchev–Trinajstić information content (AvgIpc) is 2.62. The Balaban J connectivity index is 1.91. The van der Waals surface area contributed by atoms with Crippen molar-refractivity contribution in [2.45, 2.75) is 19.8 Å². The number of hydrogen-bond donors (Lipinski definition) is 2. The smallest absolute Gasteiger partial charge is 0.335 e. The Morgan fingerprint density at radius 3 is 2.50 bits per heavy atom. The topological polar surface area (TPSA) is 69.6 Å². The Labute approximate surface area is 161 Å². The molecule has 6 heteroatoms.